The average Bonchev–Trinajstić information content (AvgIpc) is 2.55. The van der Waals surface area contributed by atoms with E-state index in [-0.39, 0.29) is 17.2 Å². The van der Waals surface area contributed by atoms with Crippen LogP contribution in [0.15, 0.2) is 12.7 Å². The Labute approximate surface area is 175 Å². The minimum absolute atomic E-state index is 0.162. The van der Waals surface area contributed by atoms with Gasteiger partial charge in [0.15, 0.2) is 8.32 Å². The summed E-state index contributed by atoms with van der Waals surface area (Å²) < 4.78 is 12.0. The Morgan fingerprint density at radius 3 is 2.11 bits per heavy atom. The molecule has 0 radical (unpaired) electrons. The van der Waals surface area contributed by atoms with E-state index in [4.69, 9.17) is 9.16 Å². The second kappa shape index (κ2) is 9.79. The van der Waals surface area contributed by atoms with Crippen molar-refractivity contribution in [2.75, 3.05) is 13.7 Å². The van der Waals surface area contributed by atoms with Crippen molar-refractivity contribution < 1.29 is 14.0 Å². The highest BCUT2D eigenvalue weighted by molar-refractivity contribution is 6.74. The molecule has 1 aliphatic rings. The van der Waals surface area contributed by atoms with Crippen LogP contribution in [0.1, 0.15) is 73.6 Å². The lowest BCUT2D eigenvalue weighted by Gasteiger charge is -2.40. The Hall–Kier alpha value is -0.813. The normalized spacial score (nSPS) is 22.5. The van der Waals surface area contributed by atoms with Gasteiger partial charge in [0.05, 0.1) is 0 Å². The van der Waals surface area contributed by atoms with Gasteiger partial charge >= 0.3 is 6.09 Å². The SMILES string of the molecule is C=CC[C@@H](C1CCC(CO[Si](C)(C)C(C)(C)C)CC1)N(C)C(=O)OC(C)(C)C. The number of hydrogen-bond acceptors (Lipinski definition) is 3. The summed E-state index contributed by atoms with van der Waals surface area (Å²) in [4.78, 5) is 14.3. The van der Waals surface area contributed by atoms with Gasteiger partial charge < -0.3 is 14.1 Å². The van der Waals surface area contributed by atoms with E-state index in [2.05, 4.69) is 40.4 Å². The second-order valence-corrected chi connectivity index (χ2v) is 15.8. The van der Waals surface area contributed by atoms with Gasteiger partial charge in [-0.05, 0) is 82.8 Å². The molecule has 1 atom stereocenters. The summed E-state index contributed by atoms with van der Waals surface area (Å²) in [5.41, 5.74) is -0.469. The Bertz CT molecular complexity index is 511. The van der Waals surface area contributed by atoms with E-state index in [9.17, 15) is 4.79 Å². The number of carbonyl (C=O) groups excluding carboxylic acids is 1. The summed E-state index contributed by atoms with van der Waals surface area (Å²) in [5.74, 6) is 1.14. The Balaban J connectivity index is 2.62. The first-order valence-electron chi connectivity index (χ1n) is 10.9. The molecule has 0 aromatic carbocycles. The van der Waals surface area contributed by atoms with Crippen molar-refractivity contribution in [3.8, 4) is 0 Å². The lowest BCUT2D eigenvalue weighted by atomic mass is 9.77. The molecule has 0 spiro atoms. The maximum Gasteiger partial charge on any atom is 0.410 e. The van der Waals surface area contributed by atoms with Crippen molar-refractivity contribution in [2.24, 2.45) is 11.8 Å². The van der Waals surface area contributed by atoms with Crippen LogP contribution in [0.4, 0.5) is 4.79 Å². The van der Waals surface area contributed by atoms with Crippen molar-refractivity contribution in [3.63, 3.8) is 0 Å². The maximum atomic E-state index is 12.5. The number of amides is 1. The highest BCUT2D eigenvalue weighted by atomic mass is 28.4. The molecule has 0 bridgehead atoms. The molecule has 5 heteroatoms. The van der Waals surface area contributed by atoms with Crippen LogP contribution in [-0.2, 0) is 9.16 Å². The summed E-state index contributed by atoms with van der Waals surface area (Å²) in [6.07, 6.45) is 7.13. The van der Waals surface area contributed by atoms with Gasteiger partial charge in [-0.3, -0.25) is 0 Å². The van der Waals surface area contributed by atoms with Crippen molar-refractivity contribution in [3.05, 3.63) is 12.7 Å². The van der Waals surface area contributed by atoms with Gasteiger partial charge in [-0.25, -0.2) is 4.79 Å². The van der Waals surface area contributed by atoms with E-state index >= 15 is 0 Å². The quantitative estimate of drug-likeness (QED) is 0.349. The first-order valence-corrected chi connectivity index (χ1v) is 13.8. The molecule has 0 heterocycles. The predicted octanol–water partition coefficient (Wildman–Crippen LogP) is 6.63. The molecule has 1 rings (SSSR count). The molecule has 0 aromatic heterocycles. The van der Waals surface area contributed by atoms with Crippen molar-refractivity contribution in [1.82, 2.24) is 4.90 Å². The van der Waals surface area contributed by atoms with Gasteiger partial charge in [-0.2, -0.15) is 0 Å². The smallest absolute Gasteiger partial charge is 0.410 e. The number of nitrogens with zero attached hydrogens (tertiary/aromatic N) is 1. The van der Waals surface area contributed by atoms with Crippen molar-refractivity contribution >= 4 is 14.4 Å². The fraction of sp³-hybridized carbons (Fsp3) is 0.870. The molecule has 0 saturated heterocycles. The molecule has 1 fully saturated rings. The van der Waals surface area contributed by atoms with Gasteiger partial charge in [0, 0.05) is 19.7 Å². The van der Waals surface area contributed by atoms with Gasteiger partial charge in [0.1, 0.15) is 5.60 Å². The Morgan fingerprint density at radius 2 is 1.68 bits per heavy atom. The van der Waals surface area contributed by atoms with Crippen LogP contribution in [0.5, 0.6) is 0 Å². The van der Waals surface area contributed by atoms with Crippen molar-refractivity contribution in [2.45, 2.75) is 103 Å². The first kappa shape index (κ1) is 25.2. The number of rotatable bonds is 7. The zero-order valence-corrected chi connectivity index (χ0v) is 20.9. The zero-order valence-electron chi connectivity index (χ0n) is 19.9. The van der Waals surface area contributed by atoms with E-state index in [0.29, 0.717) is 11.8 Å². The molecule has 0 aliphatic heterocycles. The molecular weight excluding hydrogens is 366 g/mol. The summed E-state index contributed by atoms with van der Waals surface area (Å²) >= 11 is 0. The standard InChI is InChI=1S/C23H45NO3Si/c1-11-12-20(24(8)21(25)27-22(2,3)4)19-15-13-18(14-16-19)17-26-28(9,10)23(5,6)7/h11,18-20H,1,12-17H2,2-10H3/t18?,19?,20-/m0/s1. The van der Waals surface area contributed by atoms with Gasteiger partial charge in [-0.1, -0.05) is 26.8 Å². The van der Waals surface area contributed by atoms with Gasteiger partial charge in [0.25, 0.3) is 0 Å². The molecule has 0 aromatic rings. The zero-order chi connectivity index (χ0) is 21.8. The van der Waals surface area contributed by atoms with Gasteiger partial charge in [-0.15, -0.1) is 6.58 Å². The van der Waals surface area contributed by atoms with Gasteiger partial charge in [0.2, 0.25) is 0 Å². The lowest BCUT2D eigenvalue weighted by Crippen LogP contribution is -2.45. The highest BCUT2D eigenvalue weighted by Crippen LogP contribution is 2.39. The third-order valence-electron chi connectivity index (χ3n) is 6.51. The van der Waals surface area contributed by atoms with Crippen LogP contribution in [0.3, 0.4) is 0 Å². The fourth-order valence-corrected chi connectivity index (χ4v) is 4.67. The molecule has 0 N–H and O–H groups in total. The van der Waals surface area contributed by atoms with E-state index in [0.717, 1.165) is 25.9 Å². The van der Waals surface area contributed by atoms with Crippen LogP contribution in [0, 0.1) is 11.8 Å². The number of carbonyl (C=O) groups is 1. The highest BCUT2D eigenvalue weighted by Gasteiger charge is 2.38. The molecular formula is C23H45NO3Si. The summed E-state index contributed by atoms with van der Waals surface area (Å²) in [5, 5.41) is 0.259. The first-order chi connectivity index (χ1) is 12.7. The van der Waals surface area contributed by atoms with Crippen LogP contribution in [-0.4, -0.2) is 44.6 Å². The van der Waals surface area contributed by atoms with Crippen LogP contribution in [0.2, 0.25) is 18.1 Å². The summed E-state index contributed by atoms with van der Waals surface area (Å²) in [6, 6.07) is 0.162. The van der Waals surface area contributed by atoms with Crippen LogP contribution in [0.25, 0.3) is 0 Å². The second-order valence-electron chi connectivity index (χ2n) is 11.0. The predicted molar refractivity (Wildman–Crippen MR) is 121 cm³/mol. The Morgan fingerprint density at radius 1 is 1.14 bits per heavy atom. The van der Waals surface area contributed by atoms with E-state index in [1.54, 1.807) is 4.90 Å². The van der Waals surface area contributed by atoms with E-state index in [1.807, 2.05) is 33.9 Å². The number of hydrogen-bond donors (Lipinski definition) is 0. The van der Waals surface area contributed by atoms with E-state index in [1.165, 1.54) is 12.8 Å². The summed E-state index contributed by atoms with van der Waals surface area (Å²) in [6.45, 7) is 22.1. The maximum absolute atomic E-state index is 12.5. The average molecular weight is 412 g/mol. The molecule has 1 saturated carbocycles. The van der Waals surface area contributed by atoms with Crippen LogP contribution < -0.4 is 0 Å². The third kappa shape index (κ3) is 7.55. The topological polar surface area (TPSA) is 38.8 Å². The Kier molecular flexibility index (Phi) is 8.82. The fourth-order valence-electron chi connectivity index (χ4n) is 3.59. The summed E-state index contributed by atoms with van der Waals surface area (Å²) in [7, 11) is 0.191. The molecule has 164 valence electrons. The monoisotopic (exact) mass is 411 g/mol. The minimum Gasteiger partial charge on any atom is -0.444 e. The van der Waals surface area contributed by atoms with Crippen LogP contribution >= 0.6 is 0 Å². The molecule has 4 nitrogen and oxygen atoms in total. The molecule has 1 amide bonds. The van der Waals surface area contributed by atoms with Crippen molar-refractivity contribution in [1.29, 1.82) is 0 Å². The molecule has 0 unspecified atom stereocenters. The molecule has 28 heavy (non-hydrogen) atoms. The number of ether oxygens (including phenoxy) is 1. The largest absolute Gasteiger partial charge is 0.444 e. The lowest BCUT2D eigenvalue weighted by molar-refractivity contribution is 0.0124. The third-order valence-corrected chi connectivity index (χ3v) is 11.0. The van der Waals surface area contributed by atoms with E-state index < -0.39 is 13.9 Å². The minimum atomic E-state index is -1.68. The molecule has 1 aliphatic carbocycles.